The minimum atomic E-state index is -4.29. The summed E-state index contributed by atoms with van der Waals surface area (Å²) in [5.74, 6) is 0. The van der Waals surface area contributed by atoms with Gasteiger partial charge in [0.05, 0.1) is 5.56 Å². The highest BCUT2D eigenvalue weighted by molar-refractivity contribution is 5.63. The van der Waals surface area contributed by atoms with Gasteiger partial charge in [-0.3, -0.25) is 4.90 Å². The number of benzene rings is 3. The quantitative estimate of drug-likeness (QED) is 0.542. The van der Waals surface area contributed by atoms with E-state index < -0.39 is 11.7 Å². The van der Waals surface area contributed by atoms with Crippen LogP contribution in [0.1, 0.15) is 16.7 Å². The molecule has 3 aromatic rings. The molecular formula is C22H20F3N. The van der Waals surface area contributed by atoms with Gasteiger partial charge in [0, 0.05) is 13.1 Å². The number of hydrogen-bond acceptors (Lipinski definition) is 1. The Morgan fingerprint density at radius 1 is 0.654 bits per heavy atom. The molecule has 0 radical (unpaired) electrons. The summed E-state index contributed by atoms with van der Waals surface area (Å²) < 4.78 is 37.8. The van der Waals surface area contributed by atoms with Gasteiger partial charge in [-0.2, -0.15) is 13.2 Å². The van der Waals surface area contributed by atoms with Gasteiger partial charge in [-0.05, 0) is 41.4 Å². The first kappa shape index (κ1) is 18.2. The molecule has 1 nitrogen and oxygen atoms in total. The Kier molecular flexibility index (Phi) is 5.43. The molecule has 0 spiro atoms. The van der Waals surface area contributed by atoms with Gasteiger partial charge in [0.15, 0.2) is 0 Å². The third-order valence-electron chi connectivity index (χ3n) is 4.25. The summed E-state index contributed by atoms with van der Waals surface area (Å²) in [6.07, 6.45) is -4.29. The number of hydrogen-bond donors (Lipinski definition) is 0. The molecule has 3 rings (SSSR count). The first-order chi connectivity index (χ1) is 12.4. The van der Waals surface area contributed by atoms with Crippen molar-refractivity contribution in [3.8, 4) is 11.1 Å². The molecule has 0 atom stereocenters. The summed E-state index contributed by atoms with van der Waals surface area (Å²) in [5.41, 5.74) is 3.76. The zero-order valence-corrected chi connectivity index (χ0v) is 14.5. The smallest absolute Gasteiger partial charge is 0.298 e. The average Bonchev–Trinajstić information content (AvgIpc) is 2.63. The molecule has 0 N–H and O–H groups in total. The summed E-state index contributed by atoms with van der Waals surface area (Å²) in [6, 6.07) is 23.9. The van der Waals surface area contributed by atoms with Crippen LogP contribution in [0.4, 0.5) is 13.2 Å². The summed E-state index contributed by atoms with van der Waals surface area (Å²) in [5, 5.41) is 0. The minimum Gasteiger partial charge on any atom is -0.298 e. The Hall–Kier alpha value is -2.59. The molecular weight excluding hydrogens is 335 g/mol. The molecule has 0 aliphatic carbocycles. The van der Waals surface area contributed by atoms with Crippen LogP contribution in [0.2, 0.25) is 0 Å². The number of rotatable bonds is 5. The van der Waals surface area contributed by atoms with E-state index in [9.17, 15) is 13.2 Å². The summed E-state index contributed by atoms with van der Waals surface area (Å²) >= 11 is 0. The molecule has 0 amide bonds. The van der Waals surface area contributed by atoms with Crippen LogP contribution in [0.15, 0.2) is 78.9 Å². The second kappa shape index (κ2) is 7.75. The van der Waals surface area contributed by atoms with Crippen molar-refractivity contribution in [1.82, 2.24) is 4.90 Å². The van der Waals surface area contributed by atoms with E-state index in [0.717, 1.165) is 24.2 Å². The highest BCUT2D eigenvalue weighted by Gasteiger charge is 2.29. The van der Waals surface area contributed by atoms with E-state index in [0.29, 0.717) is 6.54 Å². The lowest BCUT2D eigenvalue weighted by molar-refractivity contribution is -0.137. The van der Waals surface area contributed by atoms with Gasteiger partial charge in [-0.15, -0.1) is 0 Å². The number of alkyl halides is 3. The molecule has 0 aromatic heterocycles. The van der Waals surface area contributed by atoms with Gasteiger partial charge in [0.1, 0.15) is 0 Å². The Bertz CT molecular complexity index is 822. The van der Waals surface area contributed by atoms with Crippen molar-refractivity contribution in [3.63, 3.8) is 0 Å². The van der Waals surface area contributed by atoms with Gasteiger partial charge in [-0.1, -0.05) is 66.7 Å². The van der Waals surface area contributed by atoms with E-state index in [4.69, 9.17) is 0 Å². The largest absolute Gasteiger partial charge is 0.416 e. The molecule has 0 unspecified atom stereocenters. The highest BCUT2D eigenvalue weighted by atomic mass is 19.4. The Balaban J connectivity index is 1.60. The lowest BCUT2D eigenvalue weighted by atomic mass is 10.0. The normalized spacial score (nSPS) is 11.7. The van der Waals surface area contributed by atoms with Crippen molar-refractivity contribution in [1.29, 1.82) is 0 Å². The van der Waals surface area contributed by atoms with E-state index in [-0.39, 0.29) is 0 Å². The first-order valence-corrected chi connectivity index (χ1v) is 8.41. The molecule has 0 aliphatic rings. The lowest BCUT2D eigenvalue weighted by Crippen LogP contribution is -2.17. The number of nitrogens with zero attached hydrogens (tertiary/aromatic N) is 1. The van der Waals surface area contributed by atoms with Crippen LogP contribution in [-0.4, -0.2) is 11.9 Å². The van der Waals surface area contributed by atoms with Gasteiger partial charge in [0.25, 0.3) is 0 Å². The molecule has 0 fully saturated rings. The van der Waals surface area contributed by atoms with Gasteiger partial charge in [0.2, 0.25) is 0 Å². The standard InChI is InChI=1S/C22H20F3N/c1-26(16-18-9-13-21(14-10-18)22(23,24)25)15-17-7-11-20(12-8-17)19-5-3-2-4-6-19/h2-14H,15-16H2,1H3. The van der Waals surface area contributed by atoms with Crippen LogP contribution >= 0.6 is 0 Å². The fourth-order valence-corrected chi connectivity index (χ4v) is 2.91. The third kappa shape index (κ3) is 4.73. The second-order valence-corrected chi connectivity index (χ2v) is 6.43. The predicted octanol–water partition coefficient (Wildman–Crippen LogP) is 6.00. The van der Waals surface area contributed by atoms with E-state index in [1.807, 2.05) is 25.2 Å². The van der Waals surface area contributed by atoms with Crippen LogP contribution in [0.3, 0.4) is 0 Å². The highest BCUT2D eigenvalue weighted by Crippen LogP contribution is 2.29. The third-order valence-corrected chi connectivity index (χ3v) is 4.25. The van der Waals surface area contributed by atoms with Gasteiger partial charge in [-0.25, -0.2) is 0 Å². The predicted molar refractivity (Wildman–Crippen MR) is 98.5 cm³/mol. The van der Waals surface area contributed by atoms with Crippen molar-refractivity contribution in [2.75, 3.05) is 7.05 Å². The SMILES string of the molecule is CN(Cc1ccc(-c2ccccc2)cc1)Cc1ccc(C(F)(F)F)cc1. The maximum atomic E-state index is 12.6. The molecule has 0 saturated heterocycles. The van der Waals surface area contributed by atoms with Crippen molar-refractivity contribution >= 4 is 0 Å². The maximum absolute atomic E-state index is 12.6. The Morgan fingerprint density at radius 3 is 1.62 bits per heavy atom. The van der Waals surface area contributed by atoms with Crippen molar-refractivity contribution in [2.24, 2.45) is 0 Å². The summed E-state index contributed by atoms with van der Waals surface area (Å²) in [4.78, 5) is 2.08. The summed E-state index contributed by atoms with van der Waals surface area (Å²) in [6.45, 7) is 1.33. The minimum absolute atomic E-state index is 0.596. The molecule has 134 valence electrons. The van der Waals surface area contributed by atoms with Crippen molar-refractivity contribution < 1.29 is 13.2 Å². The maximum Gasteiger partial charge on any atom is 0.416 e. The van der Waals surface area contributed by atoms with E-state index in [1.165, 1.54) is 28.8 Å². The first-order valence-electron chi connectivity index (χ1n) is 8.41. The molecule has 0 aliphatic heterocycles. The lowest BCUT2D eigenvalue weighted by Gasteiger charge is -2.17. The van der Waals surface area contributed by atoms with E-state index in [2.05, 4.69) is 41.3 Å². The van der Waals surface area contributed by atoms with Gasteiger partial charge < -0.3 is 0 Å². The van der Waals surface area contributed by atoms with Gasteiger partial charge >= 0.3 is 6.18 Å². The Morgan fingerprint density at radius 2 is 1.12 bits per heavy atom. The van der Waals surface area contributed by atoms with E-state index >= 15 is 0 Å². The van der Waals surface area contributed by atoms with Crippen LogP contribution in [0, 0.1) is 0 Å². The fraction of sp³-hybridized carbons (Fsp3) is 0.182. The van der Waals surface area contributed by atoms with Crippen LogP contribution in [0.25, 0.3) is 11.1 Å². The van der Waals surface area contributed by atoms with Crippen molar-refractivity contribution in [2.45, 2.75) is 19.3 Å². The molecule has 4 heteroatoms. The molecule has 3 aromatic carbocycles. The topological polar surface area (TPSA) is 3.24 Å². The van der Waals surface area contributed by atoms with Crippen LogP contribution in [0.5, 0.6) is 0 Å². The average molecular weight is 355 g/mol. The molecule has 26 heavy (non-hydrogen) atoms. The van der Waals surface area contributed by atoms with E-state index in [1.54, 1.807) is 0 Å². The van der Waals surface area contributed by atoms with Crippen LogP contribution in [-0.2, 0) is 19.3 Å². The fourth-order valence-electron chi connectivity index (χ4n) is 2.91. The monoisotopic (exact) mass is 355 g/mol. The Labute approximate surface area is 151 Å². The molecule has 0 saturated carbocycles. The summed E-state index contributed by atoms with van der Waals surface area (Å²) in [7, 11) is 1.96. The second-order valence-electron chi connectivity index (χ2n) is 6.43. The van der Waals surface area contributed by atoms with Crippen molar-refractivity contribution in [3.05, 3.63) is 95.6 Å². The zero-order chi connectivity index (χ0) is 18.6. The number of halogens is 3. The molecule has 0 heterocycles. The molecule has 0 bridgehead atoms. The zero-order valence-electron chi connectivity index (χ0n) is 14.5. The van der Waals surface area contributed by atoms with Crippen LogP contribution < -0.4 is 0 Å².